The molecule has 1 aliphatic rings. The van der Waals surface area contributed by atoms with Gasteiger partial charge in [0.25, 0.3) is 5.91 Å². The smallest absolute Gasteiger partial charge is 0.257 e. The number of amides is 1. The molecule has 1 amide bonds. The van der Waals surface area contributed by atoms with Gasteiger partial charge in [-0.25, -0.2) is 0 Å². The number of benzene rings is 2. The molecule has 1 saturated heterocycles. The maximum atomic E-state index is 11.9. The molecule has 0 bridgehead atoms. The molecule has 0 aliphatic carbocycles. The molecule has 1 heterocycles. The Balaban J connectivity index is 1.34. The van der Waals surface area contributed by atoms with Crippen molar-refractivity contribution >= 4 is 34.8 Å². The maximum Gasteiger partial charge on any atom is 0.257 e. The lowest BCUT2D eigenvalue weighted by atomic mass is 10.1. The molecule has 1 aliphatic heterocycles. The summed E-state index contributed by atoms with van der Waals surface area (Å²) in [5.41, 5.74) is 2.60. The van der Waals surface area contributed by atoms with Crippen molar-refractivity contribution in [1.29, 1.82) is 0 Å². The number of carbonyl (C=O) groups excluding carboxylic acids is 1. The van der Waals surface area contributed by atoms with Gasteiger partial charge in [-0.3, -0.25) is 4.79 Å². The molecule has 0 spiro atoms. The highest BCUT2D eigenvalue weighted by Crippen LogP contribution is 2.27. The van der Waals surface area contributed by atoms with Gasteiger partial charge in [-0.1, -0.05) is 35.3 Å². The summed E-state index contributed by atoms with van der Waals surface area (Å²) in [4.78, 5) is 14.3. The fraction of sp³-hybridized carbons (Fsp3) is 0.381. The Labute approximate surface area is 170 Å². The van der Waals surface area contributed by atoms with Crippen LogP contribution in [0.5, 0.6) is 5.75 Å². The van der Waals surface area contributed by atoms with Gasteiger partial charge < -0.3 is 15.0 Å². The summed E-state index contributed by atoms with van der Waals surface area (Å²) >= 11 is 11.9. The van der Waals surface area contributed by atoms with E-state index in [1.165, 1.54) is 24.1 Å². The number of nitrogens with one attached hydrogen (secondary N) is 1. The summed E-state index contributed by atoms with van der Waals surface area (Å²) in [5.74, 6) is 0.291. The Morgan fingerprint density at radius 3 is 2.52 bits per heavy atom. The number of carbonyl (C=O) groups is 1. The number of ether oxygens (including phenoxy) is 1. The first-order valence-corrected chi connectivity index (χ1v) is 10.1. The van der Waals surface area contributed by atoms with Crippen molar-refractivity contribution in [2.45, 2.75) is 25.7 Å². The highest BCUT2D eigenvalue weighted by molar-refractivity contribution is 6.35. The molecule has 1 fully saturated rings. The van der Waals surface area contributed by atoms with Crippen LogP contribution in [0.3, 0.4) is 0 Å². The van der Waals surface area contributed by atoms with Gasteiger partial charge in [0.05, 0.1) is 5.02 Å². The van der Waals surface area contributed by atoms with Crippen LogP contribution in [0, 0.1) is 0 Å². The van der Waals surface area contributed by atoms with Gasteiger partial charge in [-0.05, 0) is 61.6 Å². The van der Waals surface area contributed by atoms with Gasteiger partial charge >= 0.3 is 0 Å². The number of nitrogens with zero attached hydrogens (tertiary/aromatic N) is 1. The van der Waals surface area contributed by atoms with Gasteiger partial charge in [0.15, 0.2) is 6.61 Å². The number of hydrogen-bond donors (Lipinski definition) is 1. The van der Waals surface area contributed by atoms with Crippen molar-refractivity contribution in [2.24, 2.45) is 0 Å². The highest BCUT2D eigenvalue weighted by atomic mass is 35.5. The zero-order valence-electron chi connectivity index (χ0n) is 15.2. The van der Waals surface area contributed by atoms with Gasteiger partial charge in [-0.15, -0.1) is 0 Å². The summed E-state index contributed by atoms with van der Waals surface area (Å²) in [7, 11) is 0. The van der Waals surface area contributed by atoms with Gasteiger partial charge in [0, 0.05) is 30.3 Å². The fourth-order valence-electron chi connectivity index (χ4n) is 3.16. The maximum absolute atomic E-state index is 11.9. The summed E-state index contributed by atoms with van der Waals surface area (Å²) in [5, 5.41) is 3.80. The van der Waals surface area contributed by atoms with E-state index in [1.807, 2.05) is 0 Å². The average Bonchev–Trinajstić information content (AvgIpc) is 3.20. The van der Waals surface area contributed by atoms with E-state index in [9.17, 15) is 4.79 Å². The van der Waals surface area contributed by atoms with Crippen molar-refractivity contribution in [3.63, 3.8) is 0 Å². The first-order chi connectivity index (χ1) is 13.1. The first kappa shape index (κ1) is 19.8. The minimum absolute atomic E-state index is 0.0636. The van der Waals surface area contributed by atoms with Gasteiger partial charge in [0.2, 0.25) is 0 Å². The van der Waals surface area contributed by atoms with Crippen molar-refractivity contribution in [1.82, 2.24) is 5.32 Å². The molecule has 3 rings (SSSR count). The Kier molecular flexibility index (Phi) is 7.25. The normalized spacial score (nSPS) is 13.6. The summed E-state index contributed by atoms with van der Waals surface area (Å²) in [6.07, 6.45) is 4.39. The quantitative estimate of drug-likeness (QED) is 0.644. The molecule has 0 atom stereocenters. The zero-order chi connectivity index (χ0) is 19.1. The molecule has 0 saturated carbocycles. The van der Waals surface area contributed by atoms with E-state index in [4.69, 9.17) is 27.9 Å². The Bertz CT molecular complexity index is 759. The molecule has 0 radical (unpaired) electrons. The number of hydrogen-bond acceptors (Lipinski definition) is 3. The first-order valence-electron chi connectivity index (χ1n) is 9.30. The van der Waals surface area contributed by atoms with Crippen molar-refractivity contribution in [3.05, 3.63) is 58.1 Å². The predicted molar refractivity (Wildman–Crippen MR) is 111 cm³/mol. The third-order valence-electron chi connectivity index (χ3n) is 4.62. The monoisotopic (exact) mass is 406 g/mol. The van der Waals surface area contributed by atoms with E-state index in [0.717, 1.165) is 25.9 Å². The standard InChI is InChI=1S/C21H24Cl2N2O2/c22-17-7-10-20(19(23)14-17)27-15-21(26)24-11-3-4-16-5-8-18(9-6-16)25-12-1-2-13-25/h5-10,14H,1-4,11-13,15H2,(H,24,26). The number of aryl methyl sites for hydroxylation is 1. The van der Waals surface area contributed by atoms with Crippen LogP contribution >= 0.6 is 23.2 Å². The van der Waals surface area contributed by atoms with Crippen LogP contribution in [-0.4, -0.2) is 32.1 Å². The van der Waals surface area contributed by atoms with E-state index >= 15 is 0 Å². The molecule has 0 aromatic heterocycles. The third kappa shape index (κ3) is 6.05. The highest BCUT2D eigenvalue weighted by Gasteiger charge is 2.11. The van der Waals surface area contributed by atoms with E-state index in [-0.39, 0.29) is 12.5 Å². The minimum atomic E-state index is -0.162. The molecular weight excluding hydrogens is 383 g/mol. The van der Waals surface area contributed by atoms with E-state index in [1.54, 1.807) is 18.2 Å². The molecule has 27 heavy (non-hydrogen) atoms. The molecule has 144 valence electrons. The second-order valence-electron chi connectivity index (χ2n) is 6.68. The third-order valence-corrected chi connectivity index (χ3v) is 5.16. The van der Waals surface area contributed by atoms with E-state index < -0.39 is 0 Å². The second-order valence-corrected chi connectivity index (χ2v) is 7.52. The number of anilines is 1. The molecule has 2 aromatic rings. The minimum Gasteiger partial charge on any atom is -0.482 e. The number of halogens is 2. The van der Waals surface area contributed by atoms with Crippen LogP contribution < -0.4 is 15.0 Å². The second kappa shape index (κ2) is 9.86. The SMILES string of the molecule is O=C(COc1ccc(Cl)cc1Cl)NCCCc1ccc(N2CCCC2)cc1. The summed E-state index contributed by atoms with van der Waals surface area (Å²) in [6, 6.07) is 13.7. The van der Waals surface area contributed by atoms with E-state index in [2.05, 4.69) is 34.5 Å². The predicted octanol–water partition coefficient (Wildman–Crippen LogP) is 4.72. The summed E-state index contributed by atoms with van der Waals surface area (Å²) < 4.78 is 5.42. The Morgan fingerprint density at radius 2 is 1.81 bits per heavy atom. The van der Waals surface area contributed by atoms with Crippen LogP contribution in [0.1, 0.15) is 24.8 Å². The average molecular weight is 407 g/mol. The topological polar surface area (TPSA) is 41.6 Å². The molecule has 0 unspecified atom stereocenters. The van der Waals surface area contributed by atoms with Crippen LogP contribution in [0.4, 0.5) is 5.69 Å². The van der Waals surface area contributed by atoms with Crippen LogP contribution in [0.15, 0.2) is 42.5 Å². The zero-order valence-corrected chi connectivity index (χ0v) is 16.7. The fourth-order valence-corrected chi connectivity index (χ4v) is 3.62. The van der Waals surface area contributed by atoms with Crippen molar-refractivity contribution in [3.8, 4) is 5.75 Å². The largest absolute Gasteiger partial charge is 0.482 e. The van der Waals surface area contributed by atoms with Crippen LogP contribution in [-0.2, 0) is 11.2 Å². The van der Waals surface area contributed by atoms with Crippen molar-refractivity contribution < 1.29 is 9.53 Å². The molecule has 1 N–H and O–H groups in total. The van der Waals surface area contributed by atoms with Crippen molar-refractivity contribution in [2.75, 3.05) is 31.1 Å². The Morgan fingerprint density at radius 1 is 1.07 bits per heavy atom. The molecule has 6 heteroatoms. The molecule has 4 nitrogen and oxygen atoms in total. The summed E-state index contributed by atoms with van der Waals surface area (Å²) in [6.45, 7) is 2.87. The van der Waals surface area contributed by atoms with Crippen LogP contribution in [0.25, 0.3) is 0 Å². The van der Waals surface area contributed by atoms with Gasteiger partial charge in [0.1, 0.15) is 5.75 Å². The number of rotatable bonds is 8. The lowest BCUT2D eigenvalue weighted by molar-refractivity contribution is -0.123. The lowest BCUT2D eigenvalue weighted by Crippen LogP contribution is -2.29. The van der Waals surface area contributed by atoms with E-state index in [0.29, 0.717) is 22.3 Å². The molecule has 2 aromatic carbocycles. The lowest BCUT2D eigenvalue weighted by Gasteiger charge is -2.17. The van der Waals surface area contributed by atoms with Gasteiger partial charge in [-0.2, -0.15) is 0 Å². The van der Waals surface area contributed by atoms with Crippen LogP contribution in [0.2, 0.25) is 10.0 Å². The Hall–Kier alpha value is -1.91. The molecular formula is C21H24Cl2N2O2.